The maximum absolute atomic E-state index is 13.4. The predicted molar refractivity (Wildman–Crippen MR) is 378 cm³/mol. The van der Waals surface area contributed by atoms with Crippen LogP contribution in [0.1, 0.15) is 59.4 Å². The van der Waals surface area contributed by atoms with Crippen molar-refractivity contribution < 1.29 is 68.1 Å². The van der Waals surface area contributed by atoms with Gasteiger partial charge in [-0.25, -0.2) is 13.2 Å². The van der Waals surface area contributed by atoms with Crippen LogP contribution in [-0.4, -0.2) is 160 Å². The summed E-state index contributed by atoms with van der Waals surface area (Å²) in [5.74, 6) is -3.49. The summed E-state index contributed by atoms with van der Waals surface area (Å²) in [6, 6.07) is 17.5. The Morgan fingerprint density at radius 2 is 0.730 bits per heavy atom. The second-order valence-electron chi connectivity index (χ2n) is 22.4. The molecule has 39 heteroatoms. The third-order valence-electron chi connectivity index (χ3n) is 15.8. The molecule has 2 unspecified atom stereocenters. The normalized spacial score (nSPS) is 20.4. The number of hydrogen-bond donors (Lipinski definition) is 9. The quantitative estimate of drug-likeness (QED) is 0.0389. The number of aromatic nitrogens is 6. The molecule has 536 valence electrons. The summed E-state index contributed by atoms with van der Waals surface area (Å²) in [6.45, 7) is 1.06. The number of halogens is 6. The molecule has 9 N–H and O–H groups in total. The van der Waals surface area contributed by atoms with Crippen molar-refractivity contribution >= 4 is 134 Å². The molecule has 27 nitrogen and oxygen atoms in total. The van der Waals surface area contributed by atoms with E-state index in [2.05, 4.69) is 45.4 Å². The molecule has 6 atom stereocenters. The summed E-state index contributed by atoms with van der Waals surface area (Å²) >= 11 is 21.5. The first-order chi connectivity index (χ1) is 47.0. The lowest BCUT2D eigenvalue weighted by Gasteiger charge is -2.35. The van der Waals surface area contributed by atoms with E-state index in [0.717, 1.165) is 77.1 Å². The van der Waals surface area contributed by atoms with E-state index in [9.17, 15) is 52.8 Å². The molecule has 0 aliphatic carbocycles. The fourth-order valence-corrected chi connectivity index (χ4v) is 18.2. The number of benzene rings is 3. The van der Waals surface area contributed by atoms with Crippen LogP contribution in [0.2, 0.25) is 15.1 Å². The first-order valence-electron chi connectivity index (χ1n) is 29.8. The average Bonchev–Trinajstić information content (AvgIpc) is 1.20. The first kappa shape index (κ1) is 77.1. The summed E-state index contributed by atoms with van der Waals surface area (Å²) in [4.78, 5) is 43.7. The largest absolute Gasteiger partial charge is 0.394 e. The third-order valence-corrected chi connectivity index (χ3v) is 25.2. The van der Waals surface area contributed by atoms with Gasteiger partial charge in [-0.3, -0.25) is 28.4 Å². The summed E-state index contributed by atoms with van der Waals surface area (Å²) in [7, 11) is -7.77. The van der Waals surface area contributed by atoms with Crippen LogP contribution in [0.15, 0.2) is 128 Å². The van der Waals surface area contributed by atoms with Gasteiger partial charge in [-0.15, -0.1) is 34.0 Å². The van der Waals surface area contributed by atoms with Crippen LogP contribution < -0.4 is 30.1 Å². The molecule has 3 fully saturated rings. The maximum atomic E-state index is 13.4. The van der Waals surface area contributed by atoms with Crippen LogP contribution in [0.4, 0.5) is 30.2 Å². The van der Waals surface area contributed by atoms with Gasteiger partial charge in [0.1, 0.15) is 35.6 Å². The van der Waals surface area contributed by atoms with Crippen LogP contribution in [0.25, 0.3) is 31.3 Å². The van der Waals surface area contributed by atoms with Crippen molar-refractivity contribution in [3.63, 3.8) is 0 Å². The Labute approximate surface area is 600 Å². The van der Waals surface area contributed by atoms with Gasteiger partial charge in [-0.1, -0.05) is 42.2 Å². The Balaban J connectivity index is 0.000000174. The number of carbonyl (C=O) groups is 3. The summed E-state index contributed by atoms with van der Waals surface area (Å²) < 4.78 is 132. The van der Waals surface area contributed by atoms with Crippen molar-refractivity contribution in [2.45, 2.75) is 82.6 Å². The molecule has 12 rings (SSSR count). The molecule has 3 aromatic carbocycles. The molecule has 9 heterocycles. The van der Waals surface area contributed by atoms with E-state index in [1.165, 1.54) is 91.6 Å². The van der Waals surface area contributed by atoms with Crippen LogP contribution in [0, 0.1) is 17.5 Å². The highest BCUT2D eigenvalue weighted by atomic mass is 35.5. The van der Waals surface area contributed by atoms with E-state index in [0.29, 0.717) is 19.6 Å². The van der Waals surface area contributed by atoms with Crippen LogP contribution in [0.5, 0.6) is 0 Å². The average molecular weight is 1560 g/mol. The number of nitrogens with one attached hydrogen (secondary N) is 6. The van der Waals surface area contributed by atoms with Gasteiger partial charge < -0.3 is 31.3 Å². The Hall–Kier alpha value is -7.05. The molecule has 3 aliphatic rings. The molecular weight excluding hydrogens is 1490 g/mol. The first-order valence-corrected chi connectivity index (χ1v) is 37.7. The second kappa shape index (κ2) is 32.9. The van der Waals surface area contributed by atoms with E-state index < -0.39 is 102 Å². The van der Waals surface area contributed by atoms with Gasteiger partial charge in [0.2, 0.25) is 17.7 Å². The fraction of sp³-hybridized carbons (Fsp3) is 0.311. The Morgan fingerprint density at radius 1 is 0.470 bits per heavy atom. The van der Waals surface area contributed by atoms with Crippen molar-refractivity contribution in [3.8, 4) is 31.3 Å². The van der Waals surface area contributed by atoms with Gasteiger partial charge >= 0.3 is 0 Å². The second-order valence-corrected chi connectivity index (χ2v) is 32.3. The number of nitrogens with zero attached hydrogens (tertiary/aromatic N) is 9. The molecule has 0 spiro atoms. The lowest BCUT2D eigenvalue weighted by molar-refractivity contribution is -0.120. The van der Waals surface area contributed by atoms with Gasteiger partial charge in [0.25, 0.3) is 30.6 Å². The fourth-order valence-electron chi connectivity index (χ4n) is 10.5. The molecule has 100 heavy (non-hydrogen) atoms. The van der Waals surface area contributed by atoms with Crippen molar-refractivity contribution in [2.24, 2.45) is 0 Å². The van der Waals surface area contributed by atoms with E-state index >= 15 is 0 Å². The molecule has 6 aromatic heterocycles. The van der Waals surface area contributed by atoms with Crippen LogP contribution in [-0.2, 0) is 64.6 Å². The van der Waals surface area contributed by atoms with Gasteiger partial charge in [-0.05, 0) is 110 Å². The van der Waals surface area contributed by atoms with E-state index in [4.69, 9.17) is 50.1 Å². The standard InChI is InChI=1S/3C20H21ClFN5O4S2.CH4/c3*1-26-17(20(29)24-13-2-3-15(22)14(21)8-13)9-16(25-33(26,30)31)19-5-4-18(32-19)12-10-23-27(11-12)6-7-28;/h3*2-5,8,10-11,16-17,25,28H,6-7,9H2,1H3,(H,24,29);1H4/t2*16-,17+;;/m10../s1. The molecular formula is C61H67Cl3F3N15O12S6. The SMILES string of the molecule is C.CN1C(C(=O)Nc2ccc(F)c(Cl)c2)CC(c2ccc(-c3cnn(CCO)c3)s2)NS1(=O)=O.CN1[C@@H](C(=O)Nc2ccc(F)c(Cl)c2)C[C@@H](c2ccc(-c3cnn(CCO)c3)s2)NS1(=O)=O.CN1[C@H](C(=O)Nc2ccc(F)c(Cl)c2)C[C@H](c2ccc(-c3cnn(CCO)c3)s2)NS1(=O)=O. The highest BCUT2D eigenvalue weighted by Gasteiger charge is 2.44. The molecule has 3 aliphatic heterocycles. The number of anilines is 3. The smallest absolute Gasteiger partial charge is 0.280 e. The van der Waals surface area contributed by atoms with Crippen LogP contribution in [0.3, 0.4) is 0 Å². The molecule has 3 saturated heterocycles. The zero-order chi connectivity index (χ0) is 71.3. The zero-order valence-corrected chi connectivity index (χ0v) is 59.4. The summed E-state index contributed by atoms with van der Waals surface area (Å²) in [6.07, 6.45) is 11.0. The third kappa shape index (κ3) is 18.4. The van der Waals surface area contributed by atoms with Crippen LogP contribution >= 0.6 is 68.8 Å². The highest BCUT2D eigenvalue weighted by molar-refractivity contribution is 7.87. The molecule has 9 aromatic rings. The summed E-state index contributed by atoms with van der Waals surface area (Å²) in [5.41, 5.74) is 3.34. The maximum Gasteiger partial charge on any atom is 0.280 e. The topological polar surface area (TPSA) is 350 Å². The van der Waals surface area contributed by atoms with Crippen molar-refractivity contribution in [1.29, 1.82) is 0 Å². The highest BCUT2D eigenvalue weighted by Crippen LogP contribution is 2.40. The van der Waals surface area contributed by atoms with Gasteiger partial charge in [0.15, 0.2) is 0 Å². The Kier molecular flexibility index (Phi) is 25.4. The van der Waals surface area contributed by atoms with Gasteiger partial charge in [0, 0.05) is 103 Å². The number of carbonyl (C=O) groups excluding carboxylic acids is 3. The predicted octanol–water partition coefficient (Wildman–Crippen LogP) is 8.48. The lowest BCUT2D eigenvalue weighted by atomic mass is 10.1. The van der Waals surface area contributed by atoms with E-state index in [1.54, 1.807) is 51.2 Å². The number of rotatable bonds is 18. The number of amides is 3. The minimum absolute atomic E-state index is 0. The van der Waals surface area contributed by atoms with Gasteiger partial charge in [0.05, 0.1) is 91.2 Å². The molecule has 0 saturated carbocycles. The Morgan fingerprint density at radius 3 is 0.970 bits per heavy atom. The van der Waals surface area contributed by atoms with E-state index in [1.807, 2.05) is 36.4 Å². The van der Waals surface area contributed by atoms with Gasteiger partial charge in [-0.2, -0.15) is 67.6 Å². The minimum Gasteiger partial charge on any atom is -0.394 e. The van der Waals surface area contributed by atoms with Crippen molar-refractivity contribution in [2.75, 3.05) is 56.9 Å². The van der Waals surface area contributed by atoms with Crippen molar-refractivity contribution in [3.05, 3.63) is 175 Å². The minimum atomic E-state index is -3.92. The number of thiophene rings is 3. The molecule has 3 amide bonds. The number of hydrogen-bond acceptors (Lipinski definition) is 18. The molecule has 0 radical (unpaired) electrons. The monoisotopic (exact) mass is 1560 g/mol. The zero-order valence-electron chi connectivity index (χ0n) is 52.2. The van der Waals surface area contributed by atoms with E-state index in [-0.39, 0.29) is 78.6 Å². The summed E-state index contributed by atoms with van der Waals surface area (Å²) in [5, 5.41) is 47.1. The van der Waals surface area contributed by atoms with Crippen molar-refractivity contribution in [1.82, 2.24) is 56.4 Å². The number of aliphatic hydroxyl groups is 3. The number of aliphatic hydroxyl groups excluding tert-OH is 3. The molecule has 0 bridgehead atoms. The Bertz CT molecular complexity index is 4300. The number of likely N-dealkylation sites (N-methyl/N-ethyl adjacent to an activating group) is 3. The lowest BCUT2D eigenvalue weighted by Crippen LogP contribution is -2.55.